The summed E-state index contributed by atoms with van der Waals surface area (Å²) in [6, 6.07) is 1.27. The normalized spacial score (nSPS) is 29.5. The van der Waals surface area contributed by atoms with Crippen molar-refractivity contribution in [1.29, 1.82) is 0 Å². The number of aromatic nitrogens is 2. The Balaban J connectivity index is 2.17. The van der Waals surface area contributed by atoms with E-state index in [-0.39, 0.29) is 5.82 Å². The maximum atomic E-state index is 11.7. The standard InChI is InChI=1S/C9H14N3O9P/c10-5-1-2-12(9(15)11-5)6-8(14)21-7(13)4(20-6)3-19-22(16,17)18/h1-2,4,6-8,13-14H,3H2,(H2,10,11,15)(H2,16,17,18)/t4-,6+,7-,8+/m0/s1. The summed E-state index contributed by atoms with van der Waals surface area (Å²) >= 11 is 0. The monoisotopic (exact) mass is 339 g/mol. The van der Waals surface area contributed by atoms with Gasteiger partial charge in [0.25, 0.3) is 0 Å². The highest BCUT2D eigenvalue weighted by atomic mass is 31.2. The SMILES string of the molecule is Nc1ccn([C@@H]2O[C@@H](COP(=O)(O)O)[C@@H](O)O[C@H]2O)c(=O)n1. The van der Waals surface area contributed by atoms with Crippen LogP contribution >= 0.6 is 7.82 Å². The molecular formula is C9H14N3O9P. The molecule has 1 aromatic rings. The van der Waals surface area contributed by atoms with Gasteiger partial charge in [0.1, 0.15) is 11.9 Å². The molecule has 1 aliphatic rings. The lowest BCUT2D eigenvalue weighted by molar-refractivity contribution is -0.355. The number of rotatable bonds is 4. The summed E-state index contributed by atoms with van der Waals surface area (Å²) in [5.41, 5.74) is 4.48. The molecule has 2 rings (SSSR count). The summed E-state index contributed by atoms with van der Waals surface area (Å²) in [5, 5.41) is 19.3. The lowest BCUT2D eigenvalue weighted by atomic mass is 10.3. The highest BCUT2D eigenvalue weighted by Crippen LogP contribution is 2.37. The van der Waals surface area contributed by atoms with Gasteiger partial charge in [0.05, 0.1) is 6.61 Å². The summed E-state index contributed by atoms with van der Waals surface area (Å²) in [4.78, 5) is 32.4. The van der Waals surface area contributed by atoms with Gasteiger partial charge in [-0.15, -0.1) is 0 Å². The summed E-state index contributed by atoms with van der Waals surface area (Å²) < 4.78 is 25.7. The molecule has 13 heteroatoms. The predicted molar refractivity (Wildman–Crippen MR) is 67.9 cm³/mol. The van der Waals surface area contributed by atoms with E-state index in [1.807, 2.05) is 0 Å². The van der Waals surface area contributed by atoms with E-state index < -0.39 is 45.0 Å². The molecule has 0 unspecified atom stereocenters. The molecule has 1 aliphatic heterocycles. The van der Waals surface area contributed by atoms with Crippen LogP contribution in [0.1, 0.15) is 6.23 Å². The van der Waals surface area contributed by atoms with Crippen molar-refractivity contribution in [3.63, 3.8) is 0 Å². The molecule has 1 fully saturated rings. The van der Waals surface area contributed by atoms with Crippen molar-refractivity contribution in [2.45, 2.75) is 24.9 Å². The summed E-state index contributed by atoms with van der Waals surface area (Å²) in [6.07, 6.45) is -5.01. The van der Waals surface area contributed by atoms with E-state index >= 15 is 0 Å². The second-order valence-electron chi connectivity index (χ2n) is 4.31. The molecule has 0 aliphatic carbocycles. The third-order valence-electron chi connectivity index (χ3n) is 2.69. The van der Waals surface area contributed by atoms with E-state index in [9.17, 15) is 19.6 Å². The molecule has 1 saturated heterocycles. The number of ether oxygens (including phenoxy) is 2. The van der Waals surface area contributed by atoms with Crippen LogP contribution in [0.5, 0.6) is 0 Å². The minimum Gasteiger partial charge on any atom is -0.383 e. The van der Waals surface area contributed by atoms with Crippen LogP contribution in [0.2, 0.25) is 0 Å². The number of aliphatic hydroxyl groups is 2. The second-order valence-corrected chi connectivity index (χ2v) is 5.55. The first-order valence-electron chi connectivity index (χ1n) is 5.89. The molecule has 0 amide bonds. The minimum absolute atomic E-state index is 0.0473. The smallest absolute Gasteiger partial charge is 0.383 e. The van der Waals surface area contributed by atoms with E-state index in [0.717, 1.165) is 4.57 Å². The molecule has 0 saturated carbocycles. The zero-order chi connectivity index (χ0) is 16.5. The first-order chi connectivity index (χ1) is 10.2. The average Bonchev–Trinajstić information content (AvgIpc) is 2.38. The van der Waals surface area contributed by atoms with Crippen LogP contribution in [0.15, 0.2) is 17.1 Å². The van der Waals surface area contributed by atoms with Crippen molar-refractivity contribution in [2.24, 2.45) is 0 Å². The first kappa shape index (κ1) is 17.0. The predicted octanol–water partition coefficient (Wildman–Crippen LogP) is -2.51. The highest BCUT2D eigenvalue weighted by molar-refractivity contribution is 7.46. The van der Waals surface area contributed by atoms with Crippen molar-refractivity contribution in [1.82, 2.24) is 9.55 Å². The van der Waals surface area contributed by atoms with E-state index in [0.29, 0.717) is 0 Å². The number of anilines is 1. The van der Waals surface area contributed by atoms with Crippen LogP contribution in [0, 0.1) is 0 Å². The number of nitrogens with zero attached hydrogens (tertiary/aromatic N) is 2. The zero-order valence-electron chi connectivity index (χ0n) is 10.9. The molecule has 22 heavy (non-hydrogen) atoms. The quantitative estimate of drug-likeness (QED) is 0.364. The summed E-state index contributed by atoms with van der Waals surface area (Å²) in [6.45, 7) is -0.730. The Hall–Kier alpha value is -1.37. The van der Waals surface area contributed by atoms with Crippen LogP contribution in [-0.2, 0) is 18.6 Å². The Morgan fingerprint density at radius 2 is 2.05 bits per heavy atom. The molecule has 0 spiro atoms. The van der Waals surface area contributed by atoms with E-state index in [1.54, 1.807) is 0 Å². The van der Waals surface area contributed by atoms with Gasteiger partial charge in [0, 0.05) is 6.20 Å². The number of aliphatic hydroxyl groups excluding tert-OH is 2. The van der Waals surface area contributed by atoms with Gasteiger partial charge in [-0.05, 0) is 6.07 Å². The Morgan fingerprint density at radius 3 is 2.64 bits per heavy atom. The van der Waals surface area contributed by atoms with Gasteiger partial charge in [-0.2, -0.15) is 4.98 Å². The average molecular weight is 339 g/mol. The molecule has 0 radical (unpaired) electrons. The van der Waals surface area contributed by atoms with Crippen LogP contribution in [0.25, 0.3) is 0 Å². The fraction of sp³-hybridized carbons (Fsp3) is 0.556. The molecule has 1 aromatic heterocycles. The number of phosphoric ester groups is 1. The van der Waals surface area contributed by atoms with Gasteiger partial charge in [0.15, 0.2) is 12.5 Å². The van der Waals surface area contributed by atoms with Crippen LogP contribution in [-0.4, -0.2) is 54.8 Å². The van der Waals surface area contributed by atoms with Gasteiger partial charge >= 0.3 is 13.5 Å². The number of nitrogens with two attached hydrogens (primary N) is 1. The van der Waals surface area contributed by atoms with Crippen LogP contribution in [0.3, 0.4) is 0 Å². The minimum atomic E-state index is -4.79. The van der Waals surface area contributed by atoms with E-state index in [1.165, 1.54) is 12.3 Å². The zero-order valence-corrected chi connectivity index (χ0v) is 11.8. The topological polar surface area (TPSA) is 187 Å². The first-order valence-corrected chi connectivity index (χ1v) is 7.42. The molecule has 2 heterocycles. The molecule has 0 aromatic carbocycles. The molecule has 12 nitrogen and oxygen atoms in total. The lowest BCUT2D eigenvalue weighted by Gasteiger charge is -2.37. The fourth-order valence-electron chi connectivity index (χ4n) is 1.73. The molecule has 0 bridgehead atoms. The van der Waals surface area contributed by atoms with Crippen molar-refractivity contribution < 1.29 is 38.6 Å². The van der Waals surface area contributed by atoms with Crippen LogP contribution in [0.4, 0.5) is 5.82 Å². The van der Waals surface area contributed by atoms with Crippen LogP contribution < -0.4 is 11.4 Å². The number of phosphoric acid groups is 1. The third-order valence-corrected chi connectivity index (χ3v) is 3.17. The number of hydrogen-bond acceptors (Lipinski definition) is 9. The second kappa shape index (κ2) is 6.40. The number of hydrogen-bond donors (Lipinski definition) is 5. The Labute approximate surface area is 122 Å². The molecule has 6 N–H and O–H groups in total. The van der Waals surface area contributed by atoms with E-state index in [2.05, 4.69) is 9.51 Å². The third kappa shape index (κ3) is 4.09. The highest BCUT2D eigenvalue weighted by Gasteiger charge is 2.39. The van der Waals surface area contributed by atoms with Gasteiger partial charge in [-0.25, -0.2) is 9.36 Å². The van der Waals surface area contributed by atoms with Gasteiger partial charge in [-0.3, -0.25) is 9.09 Å². The Bertz CT molecular complexity index is 631. The molecule has 4 atom stereocenters. The largest absolute Gasteiger partial charge is 0.469 e. The van der Waals surface area contributed by atoms with Gasteiger partial charge < -0.3 is 35.2 Å². The molecule has 124 valence electrons. The van der Waals surface area contributed by atoms with Gasteiger partial charge in [-0.1, -0.05) is 0 Å². The summed E-state index contributed by atoms with van der Waals surface area (Å²) in [7, 11) is -4.79. The van der Waals surface area contributed by atoms with Crippen molar-refractivity contribution in [3.05, 3.63) is 22.7 Å². The molecular weight excluding hydrogens is 325 g/mol. The maximum Gasteiger partial charge on any atom is 0.469 e. The maximum absolute atomic E-state index is 11.7. The Kier molecular flexibility index (Phi) is 4.94. The van der Waals surface area contributed by atoms with Crippen molar-refractivity contribution in [3.8, 4) is 0 Å². The number of nitrogen functional groups attached to an aromatic ring is 1. The lowest BCUT2D eigenvalue weighted by Crippen LogP contribution is -2.50. The van der Waals surface area contributed by atoms with Gasteiger partial charge in [0.2, 0.25) is 6.29 Å². The Morgan fingerprint density at radius 1 is 1.36 bits per heavy atom. The van der Waals surface area contributed by atoms with E-state index in [4.69, 9.17) is 25.0 Å². The van der Waals surface area contributed by atoms with Crippen molar-refractivity contribution in [2.75, 3.05) is 12.3 Å². The van der Waals surface area contributed by atoms with Crippen molar-refractivity contribution >= 4 is 13.6 Å². The summed E-state index contributed by atoms with van der Waals surface area (Å²) in [5.74, 6) is -0.0473. The fourth-order valence-corrected chi connectivity index (χ4v) is 2.07.